The minimum atomic E-state index is -0.0132. The maximum Gasteiger partial charge on any atom is 0.187 e. The zero-order valence-electron chi connectivity index (χ0n) is 9.00. The molecule has 1 aromatic rings. The summed E-state index contributed by atoms with van der Waals surface area (Å²) in [5.74, 6) is 0.671. The fourth-order valence-corrected chi connectivity index (χ4v) is 1.60. The number of hydrogen-bond donors (Lipinski definition) is 0. The Morgan fingerprint density at radius 3 is 2.60 bits per heavy atom. The van der Waals surface area contributed by atoms with E-state index in [0.717, 1.165) is 10.0 Å². The molecule has 1 aromatic carbocycles. The number of ketones is 1. The number of allylic oxidation sites excluding steroid dienone is 2. The van der Waals surface area contributed by atoms with Crippen molar-refractivity contribution in [1.82, 2.24) is 0 Å². The molecule has 0 aliphatic heterocycles. The summed E-state index contributed by atoms with van der Waals surface area (Å²) in [6.45, 7) is 3.79. The first-order chi connectivity index (χ1) is 7.04. The molecule has 0 radical (unpaired) electrons. The van der Waals surface area contributed by atoms with E-state index in [1.807, 2.05) is 26.0 Å². The molecular weight excluding hydrogens is 256 g/mol. The van der Waals surface area contributed by atoms with Crippen LogP contribution in [0.4, 0.5) is 0 Å². The number of benzene rings is 1. The summed E-state index contributed by atoms with van der Waals surface area (Å²) in [5.41, 5.74) is 1.60. The number of carbonyl (C=O) groups is 1. The van der Waals surface area contributed by atoms with Crippen molar-refractivity contribution in [3.63, 3.8) is 0 Å². The number of rotatable bonds is 3. The molecule has 0 amide bonds. The van der Waals surface area contributed by atoms with Gasteiger partial charge < -0.3 is 4.74 Å². The second kappa shape index (κ2) is 5.12. The predicted molar refractivity (Wildman–Crippen MR) is 64.5 cm³/mol. The normalized spacial score (nSPS) is 9.60. The maximum absolute atomic E-state index is 11.8. The lowest BCUT2D eigenvalue weighted by molar-refractivity contribution is 0.104. The quantitative estimate of drug-likeness (QED) is 0.619. The summed E-state index contributed by atoms with van der Waals surface area (Å²) in [6.07, 6.45) is 1.61. The molecule has 0 heterocycles. The number of halogens is 1. The Morgan fingerprint density at radius 1 is 1.40 bits per heavy atom. The van der Waals surface area contributed by atoms with E-state index in [2.05, 4.69) is 15.9 Å². The lowest BCUT2D eigenvalue weighted by Gasteiger charge is -2.04. The second-order valence-electron chi connectivity index (χ2n) is 3.43. The highest BCUT2D eigenvalue weighted by Gasteiger charge is 2.08. The van der Waals surface area contributed by atoms with E-state index >= 15 is 0 Å². The number of hydrogen-bond acceptors (Lipinski definition) is 2. The minimum absolute atomic E-state index is 0.0132. The molecule has 0 atom stereocenters. The minimum Gasteiger partial charge on any atom is -0.497 e. The molecule has 0 unspecified atom stereocenters. The summed E-state index contributed by atoms with van der Waals surface area (Å²) in [4.78, 5) is 11.8. The molecule has 0 saturated carbocycles. The van der Waals surface area contributed by atoms with Crippen LogP contribution in [0.1, 0.15) is 24.2 Å². The molecule has 0 fully saturated rings. The van der Waals surface area contributed by atoms with Gasteiger partial charge in [-0.15, -0.1) is 0 Å². The van der Waals surface area contributed by atoms with Crippen molar-refractivity contribution in [2.45, 2.75) is 13.8 Å². The molecule has 2 nitrogen and oxygen atoms in total. The fraction of sp³-hybridized carbons (Fsp3) is 0.250. The van der Waals surface area contributed by atoms with Gasteiger partial charge in [0.25, 0.3) is 0 Å². The average Bonchev–Trinajstić information content (AvgIpc) is 2.17. The molecule has 0 bridgehead atoms. The van der Waals surface area contributed by atoms with Crippen molar-refractivity contribution in [1.29, 1.82) is 0 Å². The van der Waals surface area contributed by atoms with Crippen LogP contribution in [0.25, 0.3) is 0 Å². The predicted octanol–water partition coefficient (Wildman–Crippen LogP) is 3.61. The van der Waals surface area contributed by atoms with Crippen LogP contribution >= 0.6 is 15.9 Å². The highest BCUT2D eigenvalue weighted by Crippen LogP contribution is 2.23. The van der Waals surface area contributed by atoms with Crippen LogP contribution in [0.15, 0.2) is 34.3 Å². The summed E-state index contributed by atoms with van der Waals surface area (Å²) >= 11 is 3.34. The number of methoxy groups -OCH3 is 1. The van der Waals surface area contributed by atoms with Gasteiger partial charge in [-0.2, -0.15) is 0 Å². The average molecular weight is 269 g/mol. The summed E-state index contributed by atoms with van der Waals surface area (Å²) < 4.78 is 5.85. The Labute approximate surface area is 98.1 Å². The standard InChI is InChI=1S/C12H13BrO2/c1-8(2)6-12(14)10-7-9(15-3)4-5-11(10)13/h4-7H,1-3H3. The lowest BCUT2D eigenvalue weighted by Crippen LogP contribution is -1.97. The van der Waals surface area contributed by atoms with Crippen LogP contribution < -0.4 is 4.74 Å². The van der Waals surface area contributed by atoms with Crippen molar-refractivity contribution < 1.29 is 9.53 Å². The van der Waals surface area contributed by atoms with Crippen molar-refractivity contribution in [2.75, 3.05) is 7.11 Å². The van der Waals surface area contributed by atoms with Crippen molar-refractivity contribution in [2.24, 2.45) is 0 Å². The molecule has 15 heavy (non-hydrogen) atoms. The lowest BCUT2D eigenvalue weighted by atomic mass is 10.1. The molecule has 0 spiro atoms. The van der Waals surface area contributed by atoms with Gasteiger partial charge in [-0.25, -0.2) is 0 Å². The van der Waals surface area contributed by atoms with Crippen LogP contribution in [0.5, 0.6) is 5.75 Å². The van der Waals surface area contributed by atoms with E-state index < -0.39 is 0 Å². The first kappa shape index (κ1) is 12.0. The Balaban J connectivity index is 3.12. The monoisotopic (exact) mass is 268 g/mol. The van der Waals surface area contributed by atoms with Crippen LogP contribution in [0, 0.1) is 0 Å². The maximum atomic E-state index is 11.8. The topological polar surface area (TPSA) is 26.3 Å². The van der Waals surface area contributed by atoms with Crippen molar-refractivity contribution in [3.8, 4) is 5.75 Å². The smallest absolute Gasteiger partial charge is 0.187 e. The van der Waals surface area contributed by atoms with Gasteiger partial charge in [-0.05, 0) is 38.1 Å². The van der Waals surface area contributed by atoms with E-state index in [1.54, 1.807) is 19.3 Å². The van der Waals surface area contributed by atoms with Crippen molar-refractivity contribution >= 4 is 21.7 Å². The van der Waals surface area contributed by atoms with E-state index in [1.165, 1.54) is 0 Å². The van der Waals surface area contributed by atoms with Gasteiger partial charge in [0.05, 0.1) is 7.11 Å². The molecular formula is C12H13BrO2. The zero-order chi connectivity index (χ0) is 11.4. The van der Waals surface area contributed by atoms with Gasteiger partial charge >= 0.3 is 0 Å². The fourth-order valence-electron chi connectivity index (χ4n) is 1.16. The second-order valence-corrected chi connectivity index (χ2v) is 4.29. The van der Waals surface area contributed by atoms with E-state index in [-0.39, 0.29) is 5.78 Å². The number of ether oxygens (including phenoxy) is 1. The van der Waals surface area contributed by atoms with E-state index in [4.69, 9.17) is 4.74 Å². The zero-order valence-corrected chi connectivity index (χ0v) is 10.6. The third-order valence-corrected chi connectivity index (χ3v) is 2.55. The van der Waals surface area contributed by atoms with Gasteiger partial charge in [0.1, 0.15) is 5.75 Å². The van der Waals surface area contributed by atoms with Crippen LogP contribution in [-0.2, 0) is 0 Å². The molecule has 0 saturated heterocycles. The molecule has 1 rings (SSSR count). The highest BCUT2D eigenvalue weighted by atomic mass is 79.9. The SMILES string of the molecule is COc1ccc(Br)c(C(=O)C=C(C)C)c1. The molecule has 0 aliphatic rings. The molecule has 0 N–H and O–H groups in total. The van der Waals surface area contributed by atoms with Gasteiger partial charge in [-0.3, -0.25) is 4.79 Å². The van der Waals surface area contributed by atoms with E-state index in [9.17, 15) is 4.79 Å². The van der Waals surface area contributed by atoms with Gasteiger partial charge in [0.2, 0.25) is 0 Å². The third-order valence-electron chi connectivity index (χ3n) is 1.86. The summed E-state index contributed by atoms with van der Waals surface area (Å²) in [7, 11) is 1.58. The third kappa shape index (κ3) is 3.20. The van der Waals surface area contributed by atoms with E-state index in [0.29, 0.717) is 11.3 Å². The summed E-state index contributed by atoms with van der Waals surface area (Å²) in [5, 5.41) is 0. The van der Waals surface area contributed by atoms with Crippen LogP contribution in [0.2, 0.25) is 0 Å². The van der Waals surface area contributed by atoms with Gasteiger partial charge in [0, 0.05) is 10.0 Å². The Bertz CT molecular complexity index is 404. The van der Waals surface area contributed by atoms with Crippen molar-refractivity contribution in [3.05, 3.63) is 39.9 Å². The summed E-state index contributed by atoms with van der Waals surface area (Å²) in [6, 6.07) is 5.35. The molecule has 3 heteroatoms. The Kier molecular flexibility index (Phi) is 4.09. The first-order valence-electron chi connectivity index (χ1n) is 4.57. The number of carbonyl (C=O) groups excluding carboxylic acids is 1. The van der Waals surface area contributed by atoms with Crippen LogP contribution in [0.3, 0.4) is 0 Å². The largest absolute Gasteiger partial charge is 0.497 e. The Morgan fingerprint density at radius 2 is 2.07 bits per heavy atom. The first-order valence-corrected chi connectivity index (χ1v) is 5.36. The molecule has 0 aromatic heterocycles. The Hall–Kier alpha value is -1.09. The molecule has 80 valence electrons. The molecule has 0 aliphatic carbocycles. The highest BCUT2D eigenvalue weighted by molar-refractivity contribution is 9.10. The van der Waals surface area contributed by atoms with Gasteiger partial charge in [-0.1, -0.05) is 21.5 Å². The van der Waals surface area contributed by atoms with Gasteiger partial charge in [0.15, 0.2) is 5.78 Å². The van der Waals surface area contributed by atoms with Crippen LogP contribution in [-0.4, -0.2) is 12.9 Å².